The molecule has 0 aliphatic rings. The van der Waals surface area contributed by atoms with Gasteiger partial charge in [0.15, 0.2) is 0 Å². The molecule has 0 bridgehead atoms. The van der Waals surface area contributed by atoms with Crippen molar-refractivity contribution in [1.29, 1.82) is 5.26 Å². The van der Waals surface area contributed by atoms with E-state index in [1.54, 1.807) is 12.4 Å². The number of rotatable bonds is 2. The minimum absolute atomic E-state index is 0.0620. The maximum atomic E-state index is 8.80. The average Bonchev–Trinajstić information content (AvgIpc) is 2.10. The largest absolute Gasteiger partial charge is 0.264 e. The number of nitriles is 1. The van der Waals surface area contributed by atoms with E-state index >= 15 is 0 Å². The second-order valence-electron chi connectivity index (χ2n) is 2.57. The van der Waals surface area contributed by atoms with Crippen molar-refractivity contribution in [3.8, 4) is 6.07 Å². The Bertz CT molecular complexity index is 304. The number of aromatic nitrogens is 1. The van der Waals surface area contributed by atoms with Crippen molar-refractivity contribution < 1.29 is 0 Å². The van der Waals surface area contributed by atoms with Crippen molar-refractivity contribution in [2.75, 3.05) is 5.33 Å². The molecule has 0 aromatic carbocycles. The van der Waals surface area contributed by atoms with Crippen LogP contribution in [0.25, 0.3) is 0 Å². The van der Waals surface area contributed by atoms with Gasteiger partial charge in [0.05, 0.1) is 12.0 Å². The summed E-state index contributed by atoms with van der Waals surface area (Å²) in [6.45, 7) is 1.97. The monoisotopic (exact) mass is 224 g/mol. The molecule has 0 aliphatic heterocycles. The van der Waals surface area contributed by atoms with Gasteiger partial charge in [0.2, 0.25) is 0 Å². The minimum atomic E-state index is -0.0620. The van der Waals surface area contributed by atoms with E-state index in [9.17, 15) is 0 Å². The molecular weight excluding hydrogens is 216 g/mol. The highest BCUT2D eigenvalue weighted by Crippen LogP contribution is 2.19. The van der Waals surface area contributed by atoms with E-state index < -0.39 is 0 Å². The average molecular weight is 225 g/mol. The lowest BCUT2D eigenvalue weighted by molar-refractivity contribution is 0.977. The van der Waals surface area contributed by atoms with E-state index in [4.69, 9.17) is 5.26 Å². The lowest BCUT2D eigenvalue weighted by Crippen LogP contribution is -1.99. The van der Waals surface area contributed by atoms with Gasteiger partial charge in [-0.2, -0.15) is 5.26 Å². The van der Waals surface area contributed by atoms with Crippen LogP contribution in [-0.2, 0) is 0 Å². The molecule has 1 aromatic heterocycles. The van der Waals surface area contributed by atoms with Crippen LogP contribution in [0.5, 0.6) is 0 Å². The van der Waals surface area contributed by atoms with E-state index in [1.165, 1.54) is 0 Å². The Morgan fingerprint density at radius 1 is 1.75 bits per heavy atom. The van der Waals surface area contributed by atoms with Crippen LogP contribution in [0.2, 0.25) is 0 Å². The third-order valence-corrected chi connectivity index (χ3v) is 2.40. The molecule has 1 rings (SSSR count). The molecule has 0 aliphatic carbocycles. The molecule has 0 saturated heterocycles. The fraction of sp³-hybridized carbons (Fsp3) is 0.333. The molecule has 3 heteroatoms. The van der Waals surface area contributed by atoms with Crippen molar-refractivity contribution in [1.82, 2.24) is 4.98 Å². The Balaban J connectivity index is 3.02. The van der Waals surface area contributed by atoms with E-state index in [1.807, 2.05) is 13.0 Å². The van der Waals surface area contributed by atoms with Crippen LogP contribution in [0.3, 0.4) is 0 Å². The third kappa shape index (κ3) is 1.83. The Labute approximate surface area is 80.4 Å². The lowest BCUT2D eigenvalue weighted by atomic mass is 10.00. The molecule has 2 nitrogen and oxygen atoms in total. The first-order chi connectivity index (χ1) is 5.79. The highest BCUT2D eigenvalue weighted by Gasteiger charge is 2.10. The SMILES string of the molecule is Cc1cnccc1C(C#N)CBr. The van der Waals surface area contributed by atoms with Crippen molar-refractivity contribution in [2.24, 2.45) is 0 Å². The van der Waals surface area contributed by atoms with Crippen LogP contribution in [0.15, 0.2) is 18.5 Å². The van der Waals surface area contributed by atoms with E-state index in [0.29, 0.717) is 5.33 Å². The molecule has 1 aromatic rings. The summed E-state index contributed by atoms with van der Waals surface area (Å²) in [7, 11) is 0. The number of hydrogen-bond donors (Lipinski definition) is 0. The Hall–Kier alpha value is -0.880. The predicted molar refractivity (Wildman–Crippen MR) is 51.1 cm³/mol. The highest BCUT2D eigenvalue weighted by molar-refractivity contribution is 9.09. The van der Waals surface area contributed by atoms with Gasteiger partial charge in [0.1, 0.15) is 0 Å². The molecule has 62 valence electrons. The molecule has 1 unspecified atom stereocenters. The molecule has 0 spiro atoms. The van der Waals surface area contributed by atoms with Gasteiger partial charge in [-0.3, -0.25) is 4.98 Å². The van der Waals surface area contributed by atoms with E-state index in [-0.39, 0.29) is 5.92 Å². The zero-order valence-electron chi connectivity index (χ0n) is 6.79. The number of aryl methyl sites for hydroxylation is 1. The van der Waals surface area contributed by atoms with Crippen LogP contribution >= 0.6 is 15.9 Å². The summed E-state index contributed by atoms with van der Waals surface area (Å²) >= 11 is 3.30. The lowest BCUT2D eigenvalue weighted by Gasteiger charge is -2.07. The van der Waals surface area contributed by atoms with Gasteiger partial charge in [0, 0.05) is 17.7 Å². The number of halogens is 1. The van der Waals surface area contributed by atoms with Crippen LogP contribution in [0.4, 0.5) is 0 Å². The van der Waals surface area contributed by atoms with E-state index in [0.717, 1.165) is 11.1 Å². The number of nitrogens with zero attached hydrogens (tertiary/aromatic N) is 2. The van der Waals surface area contributed by atoms with Gasteiger partial charge >= 0.3 is 0 Å². The van der Waals surface area contributed by atoms with Crippen LogP contribution in [0.1, 0.15) is 17.0 Å². The summed E-state index contributed by atoms with van der Waals surface area (Å²) in [5.74, 6) is -0.0620. The van der Waals surface area contributed by atoms with Crippen LogP contribution < -0.4 is 0 Å². The zero-order valence-corrected chi connectivity index (χ0v) is 8.37. The van der Waals surface area contributed by atoms with Gasteiger partial charge in [0.25, 0.3) is 0 Å². The predicted octanol–water partition coefficient (Wildman–Crippen LogP) is 2.39. The molecule has 0 radical (unpaired) electrons. The normalized spacial score (nSPS) is 12.1. The first kappa shape index (κ1) is 9.21. The summed E-state index contributed by atoms with van der Waals surface area (Å²) in [4.78, 5) is 3.97. The highest BCUT2D eigenvalue weighted by atomic mass is 79.9. The molecule has 12 heavy (non-hydrogen) atoms. The van der Waals surface area contributed by atoms with Gasteiger partial charge in [-0.25, -0.2) is 0 Å². The Morgan fingerprint density at radius 2 is 2.50 bits per heavy atom. The number of alkyl halides is 1. The molecule has 0 saturated carbocycles. The maximum Gasteiger partial charge on any atom is 0.0813 e. The maximum absolute atomic E-state index is 8.80. The second-order valence-corrected chi connectivity index (χ2v) is 3.22. The summed E-state index contributed by atoms with van der Waals surface area (Å²) in [6.07, 6.45) is 3.50. The fourth-order valence-corrected chi connectivity index (χ4v) is 1.56. The second kappa shape index (κ2) is 4.22. The van der Waals surface area contributed by atoms with Gasteiger partial charge in [-0.1, -0.05) is 15.9 Å². The minimum Gasteiger partial charge on any atom is -0.264 e. The van der Waals surface area contributed by atoms with Gasteiger partial charge < -0.3 is 0 Å². The van der Waals surface area contributed by atoms with E-state index in [2.05, 4.69) is 27.0 Å². The Morgan fingerprint density at radius 3 is 3.00 bits per heavy atom. The van der Waals surface area contributed by atoms with Crippen molar-refractivity contribution >= 4 is 15.9 Å². The third-order valence-electron chi connectivity index (χ3n) is 1.75. The molecule has 0 amide bonds. The van der Waals surface area contributed by atoms with Crippen LogP contribution in [-0.4, -0.2) is 10.3 Å². The smallest absolute Gasteiger partial charge is 0.0813 e. The summed E-state index contributed by atoms with van der Waals surface area (Å²) in [5.41, 5.74) is 2.13. The summed E-state index contributed by atoms with van der Waals surface area (Å²) in [5, 5.41) is 9.48. The van der Waals surface area contributed by atoms with Crippen molar-refractivity contribution in [3.63, 3.8) is 0 Å². The van der Waals surface area contributed by atoms with Gasteiger partial charge in [-0.05, 0) is 24.1 Å². The topological polar surface area (TPSA) is 36.7 Å². The Kier molecular flexibility index (Phi) is 3.24. The first-order valence-electron chi connectivity index (χ1n) is 3.65. The summed E-state index contributed by atoms with van der Waals surface area (Å²) in [6, 6.07) is 4.13. The molecule has 0 fully saturated rings. The van der Waals surface area contributed by atoms with Crippen molar-refractivity contribution in [3.05, 3.63) is 29.6 Å². The number of hydrogen-bond acceptors (Lipinski definition) is 2. The van der Waals surface area contributed by atoms with Crippen molar-refractivity contribution in [2.45, 2.75) is 12.8 Å². The number of pyridine rings is 1. The summed E-state index contributed by atoms with van der Waals surface area (Å²) < 4.78 is 0. The quantitative estimate of drug-likeness (QED) is 0.724. The van der Waals surface area contributed by atoms with Gasteiger partial charge in [-0.15, -0.1) is 0 Å². The zero-order chi connectivity index (χ0) is 8.97. The molecule has 1 heterocycles. The first-order valence-corrected chi connectivity index (χ1v) is 4.78. The fourth-order valence-electron chi connectivity index (χ4n) is 1.06. The molecular formula is C9H9BrN2. The molecule has 1 atom stereocenters. The van der Waals surface area contributed by atoms with Crippen LogP contribution in [0, 0.1) is 18.3 Å². The standard InChI is InChI=1S/C9H9BrN2/c1-7-6-12-3-2-9(7)8(4-10)5-11/h2-3,6,8H,4H2,1H3. The molecule has 0 N–H and O–H groups in total.